The van der Waals surface area contributed by atoms with Crippen LogP contribution in [-0.2, 0) is 27.6 Å². The summed E-state index contributed by atoms with van der Waals surface area (Å²) in [7, 11) is 1.31. The summed E-state index contributed by atoms with van der Waals surface area (Å²) in [5, 5.41) is 0. The lowest BCUT2D eigenvalue weighted by atomic mass is 10.1. The Bertz CT molecular complexity index is 1050. The number of nitrogens with one attached hydrogen (secondary N) is 1. The third-order valence-electron chi connectivity index (χ3n) is 4.85. The molecule has 0 bridgehead atoms. The van der Waals surface area contributed by atoms with E-state index < -0.39 is 16.0 Å². The molecule has 0 aliphatic heterocycles. The van der Waals surface area contributed by atoms with Gasteiger partial charge in [-0.1, -0.05) is 6.07 Å². The lowest BCUT2D eigenvalue weighted by Gasteiger charge is -2.20. The second kappa shape index (κ2) is 8.20. The molecule has 0 aromatic heterocycles. The number of methoxy groups -OCH3 is 4. The van der Waals surface area contributed by atoms with Crippen LogP contribution in [0.3, 0.4) is 0 Å². The van der Waals surface area contributed by atoms with E-state index in [1.54, 1.807) is 12.1 Å². The average Bonchev–Trinajstić information content (AvgIpc) is 3.20. The summed E-state index contributed by atoms with van der Waals surface area (Å²) < 4.78 is 49.4. The lowest BCUT2D eigenvalue weighted by molar-refractivity contribution is 0.0601. The Hall–Kier alpha value is -2.94. The minimum atomic E-state index is -4.01. The monoisotopic (exact) mass is 421 g/mol. The summed E-state index contributed by atoms with van der Waals surface area (Å²) in [6.45, 7) is 0. The molecule has 156 valence electrons. The highest BCUT2D eigenvalue weighted by atomic mass is 32.2. The van der Waals surface area contributed by atoms with Gasteiger partial charge >= 0.3 is 5.97 Å². The first-order chi connectivity index (χ1) is 13.9. The van der Waals surface area contributed by atoms with E-state index in [1.165, 1.54) is 34.5 Å². The summed E-state index contributed by atoms with van der Waals surface area (Å²) in [6.07, 6.45) is 2.78. The van der Waals surface area contributed by atoms with Crippen LogP contribution in [0.4, 0.5) is 5.69 Å². The van der Waals surface area contributed by atoms with Gasteiger partial charge in [-0.2, -0.15) is 0 Å². The second-order valence-electron chi connectivity index (χ2n) is 6.45. The maximum absolute atomic E-state index is 13.1. The number of sulfonamides is 1. The Balaban J connectivity index is 2.14. The van der Waals surface area contributed by atoms with Gasteiger partial charge in [-0.15, -0.1) is 0 Å². The maximum atomic E-state index is 13.1. The number of hydrogen-bond donors (Lipinski definition) is 1. The van der Waals surface area contributed by atoms with Gasteiger partial charge < -0.3 is 18.9 Å². The number of carbonyl (C=O) groups is 1. The lowest BCUT2D eigenvalue weighted by Crippen LogP contribution is -2.18. The van der Waals surface area contributed by atoms with Crippen LogP contribution in [-0.4, -0.2) is 42.8 Å². The molecule has 1 N–H and O–H groups in total. The van der Waals surface area contributed by atoms with E-state index in [9.17, 15) is 13.2 Å². The molecule has 29 heavy (non-hydrogen) atoms. The van der Waals surface area contributed by atoms with Gasteiger partial charge in [0.15, 0.2) is 11.5 Å². The van der Waals surface area contributed by atoms with Crippen LogP contribution >= 0.6 is 0 Å². The van der Waals surface area contributed by atoms with E-state index in [0.717, 1.165) is 30.4 Å². The number of fused-ring (bicyclic) bond motifs is 1. The highest BCUT2D eigenvalue weighted by Gasteiger charge is 2.29. The third kappa shape index (κ3) is 3.82. The zero-order valence-electron chi connectivity index (χ0n) is 16.7. The number of rotatable bonds is 7. The van der Waals surface area contributed by atoms with Crippen molar-refractivity contribution in [2.24, 2.45) is 0 Å². The molecule has 0 unspecified atom stereocenters. The molecule has 0 fully saturated rings. The van der Waals surface area contributed by atoms with Gasteiger partial charge in [-0.25, -0.2) is 13.2 Å². The fourth-order valence-electron chi connectivity index (χ4n) is 3.44. The molecule has 2 aromatic rings. The number of esters is 1. The van der Waals surface area contributed by atoms with Gasteiger partial charge in [0, 0.05) is 6.07 Å². The van der Waals surface area contributed by atoms with E-state index in [-0.39, 0.29) is 33.4 Å². The molecule has 9 heteroatoms. The zero-order chi connectivity index (χ0) is 21.2. The van der Waals surface area contributed by atoms with Crippen molar-refractivity contribution < 1.29 is 32.2 Å². The van der Waals surface area contributed by atoms with Gasteiger partial charge in [0.2, 0.25) is 5.75 Å². The van der Waals surface area contributed by atoms with Crippen LogP contribution in [0.2, 0.25) is 0 Å². The predicted octanol–water partition coefficient (Wildman–Crippen LogP) is 2.79. The first-order valence-corrected chi connectivity index (χ1v) is 10.4. The van der Waals surface area contributed by atoms with E-state index in [2.05, 4.69) is 4.72 Å². The maximum Gasteiger partial charge on any atom is 0.340 e. The van der Waals surface area contributed by atoms with Crippen molar-refractivity contribution in [3.05, 3.63) is 41.0 Å². The minimum absolute atomic E-state index is 0.0111. The smallest absolute Gasteiger partial charge is 0.340 e. The van der Waals surface area contributed by atoms with Gasteiger partial charge in [0.25, 0.3) is 10.0 Å². The molecule has 0 amide bonds. The molecule has 0 radical (unpaired) electrons. The van der Waals surface area contributed by atoms with Crippen LogP contribution in [0.5, 0.6) is 17.2 Å². The van der Waals surface area contributed by atoms with Crippen molar-refractivity contribution in [2.45, 2.75) is 24.2 Å². The number of aryl methyl sites for hydroxylation is 2. The molecular weight excluding hydrogens is 398 g/mol. The van der Waals surface area contributed by atoms with Gasteiger partial charge in [-0.3, -0.25) is 4.72 Å². The van der Waals surface area contributed by atoms with Gasteiger partial charge in [-0.05, 0) is 42.5 Å². The van der Waals surface area contributed by atoms with E-state index in [1.807, 2.05) is 6.07 Å². The highest BCUT2D eigenvalue weighted by Crippen LogP contribution is 2.46. The summed E-state index contributed by atoms with van der Waals surface area (Å²) in [5.74, 6) is -0.396. The number of hydrogen-bond acceptors (Lipinski definition) is 7. The molecule has 0 saturated heterocycles. The molecule has 2 aromatic carbocycles. The van der Waals surface area contributed by atoms with Crippen molar-refractivity contribution in [2.75, 3.05) is 33.2 Å². The molecule has 3 rings (SSSR count). The standard InChI is InChI=1S/C20H23NO7S/c1-25-16-11-15(20(22)28-4)17(19(27-3)18(16)26-2)21-29(23,24)14-9-8-12-6-5-7-13(12)10-14/h8-11,21H,5-7H2,1-4H3. The Morgan fingerprint density at radius 3 is 2.24 bits per heavy atom. The molecule has 0 spiro atoms. The van der Waals surface area contributed by atoms with Crippen molar-refractivity contribution in [1.82, 2.24) is 0 Å². The number of carbonyl (C=O) groups excluding carboxylic acids is 1. The van der Waals surface area contributed by atoms with Crippen molar-refractivity contribution in [3.8, 4) is 17.2 Å². The summed E-state index contributed by atoms with van der Waals surface area (Å²) in [4.78, 5) is 12.4. The second-order valence-corrected chi connectivity index (χ2v) is 8.13. The molecule has 0 heterocycles. The van der Waals surface area contributed by atoms with E-state index in [0.29, 0.717) is 0 Å². The summed E-state index contributed by atoms with van der Waals surface area (Å²) in [6, 6.07) is 6.38. The highest BCUT2D eigenvalue weighted by molar-refractivity contribution is 7.92. The molecule has 1 aliphatic rings. The van der Waals surface area contributed by atoms with Crippen LogP contribution in [0, 0.1) is 0 Å². The Morgan fingerprint density at radius 1 is 0.931 bits per heavy atom. The molecule has 1 aliphatic carbocycles. The Kier molecular flexibility index (Phi) is 5.88. The molecule has 8 nitrogen and oxygen atoms in total. The third-order valence-corrected chi connectivity index (χ3v) is 6.20. The first kappa shape index (κ1) is 20.8. The SMILES string of the molecule is COC(=O)c1cc(OC)c(OC)c(OC)c1NS(=O)(=O)c1ccc2c(c1)CCC2. The van der Waals surface area contributed by atoms with Gasteiger partial charge in [0.1, 0.15) is 5.69 Å². The van der Waals surface area contributed by atoms with Crippen LogP contribution in [0.25, 0.3) is 0 Å². The average molecular weight is 421 g/mol. The minimum Gasteiger partial charge on any atom is -0.493 e. The van der Waals surface area contributed by atoms with Crippen LogP contribution < -0.4 is 18.9 Å². The van der Waals surface area contributed by atoms with Crippen LogP contribution in [0.15, 0.2) is 29.2 Å². The zero-order valence-corrected chi connectivity index (χ0v) is 17.5. The normalized spacial score (nSPS) is 12.8. The number of anilines is 1. The van der Waals surface area contributed by atoms with E-state index >= 15 is 0 Å². The van der Waals surface area contributed by atoms with Crippen molar-refractivity contribution >= 4 is 21.7 Å². The largest absolute Gasteiger partial charge is 0.493 e. The quantitative estimate of drug-likeness (QED) is 0.686. The van der Waals surface area contributed by atoms with Crippen LogP contribution in [0.1, 0.15) is 27.9 Å². The summed E-state index contributed by atoms with van der Waals surface area (Å²) in [5.41, 5.74) is 2.02. The predicted molar refractivity (Wildman–Crippen MR) is 107 cm³/mol. The van der Waals surface area contributed by atoms with E-state index in [4.69, 9.17) is 18.9 Å². The molecular formula is C20H23NO7S. The Labute approximate surface area is 169 Å². The fraction of sp³-hybridized carbons (Fsp3) is 0.350. The van der Waals surface area contributed by atoms with Crippen molar-refractivity contribution in [3.63, 3.8) is 0 Å². The fourth-order valence-corrected chi connectivity index (χ4v) is 4.57. The molecule has 0 saturated carbocycles. The number of benzene rings is 2. The molecule has 0 atom stereocenters. The van der Waals surface area contributed by atoms with Gasteiger partial charge in [0.05, 0.1) is 38.9 Å². The topological polar surface area (TPSA) is 100 Å². The first-order valence-electron chi connectivity index (χ1n) is 8.92. The summed E-state index contributed by atoms with van der Waals surface area (Å²) >= 11 is 0. The number of ether oxygens (including phenoxy) is 4. The Morgan fingerprint density at radius 2 is 1.62 bits per heavy atom. The van der Waals surface area contributed by atoms with Crippen molar-refractivity contribution in [1.29, 1.82) is 0 Å².